The summed E-state index contributed by atoms with van der Waals surface area (Å²) in [5, 5.41) is 9.35. The maximum absolute atomic E-state index is 12.5. The summed E-state index contributed by atoms with van der Waals surface area (Å²) in [6.07, 6.45) is 6.84. The fraction of sp³-hybridized carbons (Fsp3) is 0.750. The van der Waals surface area contributed by atoms with Gasteiger partial charge in [-0.3, -0.25) is 14.5 Å². The first kappa shape index (κ1) is 16.0. The monoisotopic (exact) mass is 294 g/mol. The first-order valence-corrected chi connectivity index (χ1v) is 7.91. The molecule has 2 rings (SSSR count). The van der Waals surface area contributed by atoms with Crippen molar-refractivity contribution in [2.24, 2.45) is 5.41 Å². The molecule has 21 heavy (non-hydrogen) atoms. The van der Waals surface area contributed by atoms with Crippen LogP contribution in [-0.4, -0.2) is 53.0 Å². The molecule has 118 valence electrons. The average Bonchev–Trinajstić information content (AvgIpc) is 2.93. The molecule has 0 spiro atoms. The molecule has 1 saturated heterocycles. The van der Waals surface area contributed by atoms with Gasteiger partial charge in [0.1, 0.15) is 0 Å². The van der Waals surface area contributed by atoms with Crippen LogP contribution in [0.4, 0.5) is 0 Å². The molecule has 5 heteroatoms. The van der Waals surface area contributed by atoms with Crippen molar-refractivity contribution < 1.29 is 14.7 Å². The predicted octanol–water partition coefficient (Wildman–Crippen LogP) is 2.09. The molecule has 1 fully saturated rings. The van der Waals surface area contributed by atoms with Gasteiger partial charge in [0, 0.05) is 18.8 Å². The second-order valence-corrected chi connectivity index (χ2v) is 6.41. The van der Waals surface area contributed by atoms with Crippen LogP contribution in [0.3, 0.4) is 0 Å². The highest BCUT2D eigenvalue weighted by atomic mass is 16.4. The van der Waals surface area contributed by atoms with Crippen molar-refractivity contribution in [1.82, 2.24) is 9.80 Å². The molecule has 1 aliphatic carbocycles. The Hall–Kier alpha value is -1.36. The van der Waals surface area contributed by atoms with Gasteiger partial charge in [-0.2, -0.15) is 0 Å². The Labute approximate surface area is 126 Å². The zero-order valence-corrected chi connectivity index (χ0v) is 13.1. The molecule has 0 aromatic carbocycles. The van der Waals surface area contributed by atoms with Crippen LogP contribution >= 0.6 is 0 Å². The SMILES string of the molecule is CCN(C(=O)CN1CCCC(C)(C(=O)O)C1)C1=CCCC1. The highest BCUT2D eigenvalue weighted by molar-refractivity contribution is 5.80. The largest absolute Gasteiger partial charge is 0.481 e. The summed E-state index contributed by atoms with van der Waals surface area (Å²) in [6.45, 7) is 6.07. The van der Waals surface area contributed by atoms with E-state index in [0.717, 1.165) is 37.9 Å². The maximum atomic E-state index is 12.5. The Kier molecular flexibility index (Phi) is 5.04. The van der Waals surface area contributed by atoms with Crippen LogP contribution in [0, 0.1) is 5.41 Å². The minimum absolute atomic E-state index is 0.0975. The number of nitrogens with zero attached hydrogens (tertiary/aromatic N) is 2. The van der Waals surface area contributed by atoms with Gasteiger partial charge in [0.15, 0.2) is 0 Å². The molecule has 2 aliphatic rings. The lowest BCUT2D eigenvalue weighted by atomic mass is 9.82. The van der Waals surface area contributed by atoms with Crippen molar-refractivity contribution in [3.05, 3.63) is 11.8 Å². The van der Waals surface area contributed by atoms with Crippen LogP contribution in [0.5, 0.6) is 0 Å². The van der Waals surface area contributed by atoms with E-state index in [-0.39, 0.29) is 5.91 Å². The number of allylic oxidation sites excluding steroid dienone is 2. The fourth-order valence-corrected chi connectivity index (χ4v) is 3.37. The Morgan fingerprint density at radius 1 is 1.43 bits per heavy atom. The van der Waals surface area contributed by atoms with Crippen LogP contribution in [0.15, 0.2) is 11.8 Å². The van der Waals surface area contributed by atoms with E-state index >= 15 is 0 Å². The lowest BCUT2D eigenvalue weighted by molar-refractivity contribution is -0.152. The maximum Gasteiger partial charge on any atom is 0.310 e. The summed E-state index contributed by atoms with van der Waals surface area (Å²) in [7, 11) is 0. The number of carbonyl (C=O) groups excluding carboxylic acids is 1. The summed E-state index contributed by atoms with van der Waals surface area (Å²) in [5.74, 6) is -0.661. The molecule has 1 heterocycles. The summed E-state index contributed by atoms with van der Waals surface area (Å²) in [4.78, 5) is 27.7. The molecule has 5 nitrogen and oxygen atoms in total. The second kappa shape index (κ2) is 6.60. The number of likely N-dealkylation sites (N-methyl/N-ethyl adjacent to an activating group) is 1. The number of likely N-dealkylation sites (tertiary alicyclic amines) is 1. The second-order valence-electron chi connectivity index (χ2n) is 6.41. The minimum Gasteiger partial charge on any atom is -0.481 e. The van der Waals surface area contributed by atoms with Crippen LogP contribution in [0.2, 0.25) is 0 Å². The quantitative estimate of drug-likeness (QED) is 0.843. The number of carbonyl (C=O) groups is 2. The number of piperidine rings is 1. The highest BCUT2D eigenvalue weighted by Gasteiger charge is 2.38. The number of carboxylic acids is 1. The molecule has 1 aliphatic heterocycles. The van der Waals surface area contributed by atoms with Crippen LogP contribution in [0.1, 0.15) is 46.0 Å². The number of rotatable bonds is 5. The van der Waals surface area contributed by atoms with Crippen molar-refractivity contribution in [2.75, 3.05) is 26.2 Å². The Morgan fingerprint density at radius 3 is 2.76 bits per heavy atom. The van der Waals surface area contributed by atoms with Gasteiger partial charge < -0.3 is 10.0 Å². The molecule has 0 aromatic heterocycles. The number of hydrogen-bond acceptors (Lipinski definition) is 3. The summed E-state index contributed by atoms with van der Waals surface area (Å²) < 4.78 is 0. The van der Waals surface area contributed by atoms with Gasteiger partial charge in [0.2, 0.25) is 5.91 Å². The molecule has 1 unspecified atom stereocenters. The molecule has 0 saturated carbocycles. The van der Waals surface area contributed by atoms with Crippen molar-refractivity contribution in [3.63, 3.8) is 0 Å². The van der Waals surface area contributed by atoms with E-state index < -0.39 is 11.4 Å². The van der Waals surface area contributed by atoms with Crippen molar-refractivity contribution in [2.45, 2.75) is 46.0 Å². The van der Waals surface area contributed by atoms with E-state index in [0.29, 0.717) is 26.1 Å². The van der Waals surface area contributed by atoms with E-state index in [2.05, 4.69) is 6.08 Å². The van der Waals surface area contributed by atoms with E-state index in [1.807, 2.05) is 16.7 Å². The third kappa shape index (κ3) is 3.64. The standard InChI is InChI=1S/C16H26N2O3/c1-3-18(13-7-4-5-8-13)14(19)11-17-10-6-9-16(2,12-17)15(20)21/h7H,3-6,8-12H2,1-2H3,(H,20,21). The summed E-state index contributed by atoms with van der Waals surface area (Å²) in [6, 6.07) is 0. The zero-order valence-electron chi connectivity index (χ0n) is 13.1. The highest BCUT2D eigenvalue weighted by Crippen LogP contribution is 2.30. The molecule has 0 radical (unpaired) electrons. The molecule has 0 bridgehead atoms. The fourth-order valence-electron chi connectivity index (χ4n) is 3.37. The van der Waals surface area contributed by atoms with E-state index in [1.165, 1.54) is 0 Å². The first-order chi connectivity index (χ1) is 9.96. The van der Waals surface area contributed by atoms with Crippen molar-refractivity contribution >= 4 is 11.9 Å². The third-order valence-corrected chi connectivity index (χ3v) is 4.63. The van der Waals surface area contributed by atoms with Gasteiger partial charge >= 0.3 is 5.97 Å². The van der Waals surface area contributed by atoms with Crippen LogP contribution < -0.4 is 0 Å². The van der Waals surface area contributed by atoms with Gasteiger partial charge in [0.05, 0.1) is 12.0 Å². The third-order valence-electron chi connectivity index (χ3n) is 4.63. The average molecular weight is 294 g/mol. The number of carboxylic acid groups (broad SMARTS) is 1. The zero-order chi connectivity index (χ0) is 15.5. The van der Waals surface area contributed by atoms with E-state index in [1.54, 1.807) is 6.92 Å². The van der Waals surface area contributed by atoms with Gasteiger partial charge in [-0.05, 0) is 52.5 Å². The van der Waals surface area contributed by atoms with Crippen LogP contribution in [0.25, 0.3) is 0 Å². The first-order valence-electron chi connectivity index (χ1n) is 7.91. The number of aliphatic carboxylic acids is 1. The number of amides is 1. The molecule has 0 aromatic rings. The summed E-state index contributed by atoms with van der Waals surface area (Å²) in [5.41, 5.74) is 0.419. The molecular weight excluding hydrogens is 268 g/mol. The Bertz CT molecular complexity index is 447. The van der Waals surface area contributed by atoms with Crippen LogP contribution in [-0.2, 0) is 9.59 Å². The minimum atomic E-state index is -0.759. The van der Waals surface area contributed by atoms with E-state index in [9.17, 15) is 14.7 Å². The smallest absolute Gasteiger partial charge is 0.310 e. The number of hydrogen-bond donors (Lipinski definition) is 1. The molecular formula is C16H26N2O3. The van der Waals surface area contributed by atoms with Crippen molar-refractivity contribution in [1.29, 1.82) is 0 Å². The lowest BCUT2D eigenvalue weighted by Gasteiger charge is -2.38. The van der Waals surface area contributed by atoms with Gasteiger partial charge in [-0.1, -0.05) is 6.08 Å². The lowest BCUT2D eigenvalue weighted by Crippen LogP contribution is -2.49. The Morgan fingerprint density at radius 2 is 2.19 bits per heavy atom. The Balaban J connectivity index is 1.96. The van der Waals surface area contributed by atoms with Crippen molar-refractivity contribution in [3.8, 4) is 0 Å². The molecule has 1 atom stereocenters. The van der Waals surface area contributed by atoms with E-state index in [4.69, 9.17) is 0 Å². The molecule has 1 N–H and O–H groups in total. The predicted molar refractivity (Wildman–Crippen MR) is 80.7 cm³/mol. The molecule has 1 amide bonds. The summed E-state index contributed by atoms with van der Waals surface area (Å²) >= 11 is 0. The van der Waals surface area contributed by atoms with Gasteiger partial charge in [-0.15, -0.1) is 0 Å². The van der Waals surface area contributed by atoms with Gasteiger partial charge in [-0.25, -0.2) is 0 Å². The van der Waals surface area contributed by atoms with Gasteiger partial charge in [0.25, 0.3) is 0 Å². The normalized spacial score (nSPS) is 26.5. The topological polar surface area (TPSA) is 60.9 Å².